The van der Waals surface area contributed by atoms with Crippen LogP contribution in [-0.2, 0) is 15.1 Å². The van der Waals surface area contributed by atoms with Crippen LogP contribution in [0, 0.1) is 24.7 Å². The minimum atomic E-state index is -1.11. The molecular weight excluding hydrogens is 464 g/mol. The van der Waals surface area contributed by atoms with Crippen LogP contribution >= 0.6 is 0 Å². The van der Waals surface area contributed by atoms with Crippen molar-refractivity contribution in [2.24, 2.45) is 17.8 Å². The van der Waals surface area contributed by atoms with E-state index in [4.69, 9.17) is 4.98 Å². The van der Waals surface area contributed by atoms with Crippen LogP contribution in [0.15, 0.2) is 77.6 Å². The molecule has 184 valence electrons. The molecule has 3 aromatic carbocycles. The molecule has 7 nitrogen and oxygen atoms in total. The van der Waals surface area contributed by atoms with Gasteiger partial charge in [0.25, 0.3) is 5.56 Å². The molecule has 0 radical (unpaired) electrons. The minimum absolute atomic E-state index is 0.0637. The number of anilines is 1. The van der Waals surface area contributed by atoms with Gasteiger partial charge in [0.1, 0.15) is 11.4 Å². The van der Waals surface area contributed by atoms with Crippen molar-refractivity contribution in [1.29, 1.82) is 0 Å². The first-order valence-corrected chi connectivity index (χ1v) is 12.7. The standard InChI is InChI=1S/C30H26N4O3/c1-16(2)25-23-24(28(37)33(27(23)36)21-14-8-4-10-17(21)3)30(32-25)19-12-6-9-15-22(19)34-26(35)18-11-5-7-13-20(18)31-29(30)34/h4-16,23-25,32H,1-3H3/t23-,24-,25?,30?/m1/s1. The van der Waals surface area contributed by atoms with Gasteiger partial charge in [0.15, 0.2) is 0 Å². The molecule has 0 aliphatic carbocycles. The van der Waals surface area contributed by atoms with Gasteiger partial charge >= 0.3 is 0 Å². The average molecular weight is 491 g/mol. The number of para-hydroxylation sites is 3. The molecule has 3 aliphatic heterocycles. The molecular formula is C30H26N4O3. The molecule has 4 aromatic rings. The maximum Gasteiger partial charge on any atom is 0.266 e. The van der Waals surface area contributed by atoms with Gasteiger partial charge in [0, 0.05) is 11.6 Å². The summed E-state index contributed by atoms with van der Waals surface area (Å²) >= 11 is 0. The number of hydrogen-bond donors (Lipinski definition) is 1. The highest BCUT2D eigenvalue weighted by molar-refractivity contribution is 6.23. The maximum atomic E-state index is 14.4. The summed E-state index contributed by atoms with van der Waals surface area (Å²) in [6.45, 7) is 6.03. The highest BCUT2D eigenvalue weighted by Gasteiger charge is 2.70. The normalized spacial score (nSPS) is 25.8. The first kappa shape index (κ1) is 22.1. The SMILES string of the molecule is Cc1ccccc1N1C(=O)[C@H]2C(C(C)C)NC3(c4ccccc4-n4c3nc3ccccc3c4=O)[C@H]2C1=O. The van der Waals surface area contributed by atoms with E-state index in [0.29, 0.717) is 28.1 Å². The van der Waals surface area contributed by atoms with Crippen LogP contribution in [-0.4, -0.2) is 27.4 Å². The van der Waals surface area contributed by atoms with E-state index in [1.54, 1.807) is 10.6 Å². The lowest BCUT2D eigenvalue weighted by Crippen LogP contribution is -2.51. The Balaban J connectivity index is 1.55. The fraction of sp³-hybridized carbons (Fsp3) is 0.267. The number of nitrogens with zero attached hydrogens (tertiary/aromatic N) is 3. The van der Waals surface area contributed by atoms with E-state index in [1.807, 2.05) is 73.7 Å². The zero-order chi connectivity index (χ0) is 25.6. The Morgan fingerprint density at radius 2 is 1.54 bits per heavy atom. The van der Waals surface area contributed by atoms with Gasteiger partial charge < -0.3 is 0 Å². The molecule has 37 heavy (non-hydrogen) atoms. The molecule has 2 saturated heterocycles. The first-order valence-electron chi connectivity index (χ1n) is 12.7. The summed E-state index contributed by atoms with van der Waals surface area (Å²) in [4.78, 5) is 48.7. The van der Waals surface area contributed by atoms with Gasteiger partial charge in [-0.3, -0.25) is 24.3 Å². The number of nitrogens with one attached hydrogen (secondary N) is 1. The molecule has 2 unspecified atom stereocenters. The number of aryl methyl sites for hydroxylation is 1. The second-order valence-electron chi connectivity index (χ2n) is 10.6. The Hall–Kier alpha value is -4.10. The molecule has 4 heterocycles. The third-order valence-corrected chi connectivity index (χ3v) is 8.37. The van der Waals surface area contributed by atoms with Crippen molar-refractivity contribution in [3.05, 3.63) is 100 Å². The van der Waals surface area contributed by atoms with Gasteiger partial charge in [-0.2, -0.15) is 0 Å². The number of hydrogen-bond acceptors (Lipinski definition) is 5. The van der Waals surface area contributed by atoms with Crippen LogP contribution in [0.4, 0.5) is 5.69 Å². The Labute approximate surface area is 213 Å². The van der Waals surface area contributed by atoms with Gasteiger partial charge in [-0.1, -0.05) is 62.4 Å². The number of aromatic nitrogens is 2. The number of carbonyl (C=O) groups excluding carboxylic acids is 2. The first-order chi connectivity index (χ1) is 17.9. The summed E-state index contributed by atoms with van der Waals surface area (Å²) in [5, 5.41) is 4.25. The molecule has 2 amide bonds. The van der Waals surface area contributed by atoms with Gasteiger partial charge in [-0.05, 0) is 42.7 Å². The van der Waals surface area contributed by atoms with E-state index in [0.717, 1.165) is 11.1 Å². The summed E-state index contributed by atoms with van der Waals surface area (Å²) in [5.41, 5.74) is 2.27. The number of imide groups is 1. The Morgan fingerprint density at radius 1 is 0.865 bits per heavy atom. The fourth-order valence-corrected chi connectivity index (χ4v) is 6.78. The van der Waals surface area contributed by atoms with Crippen LogP contribution in [0.2, 0.25) is 0 Å². The lowest BCUT2D eigenvalue weighted by molar-refractivity contribution is -0.123. The number of carbonyl (C=O) groups is 2. The molecule has 7 rings (SSSR count). The van der Waals surface area contributed by atoms with Crippen molar-refractivity contribution < 1.29 is 9.59 Å². The summed E-state index contributed by atoms with van der Waals surface area (Å²) in [5.74, 6) is -1.25. The van der Waals surface area contributed by atoms with E-state index in [-0.39, 0.29) is 29.3 Å². The van der Waals surface area contributed by atoms with Crippen LogP contribution in [0.3, 0.4) is 0 Å². The zero-order valence-electron chi connectivity index (χ0n) is 20.8. The van der Waals surface area contributed by atoms with Crippen molar-refractivity contribution in [2.75, 3.05) is 4.90 Å². The number of amides is 2. The summed E-state index contributed by atoms with van der Waals surface area (Å²) in [7, 11) is 0. The van der Waals surface area contributed by atoms with Gasteiger partial charge in [0.2, 0.25) is 11.8 Å². The monoisotopic (exact) mass is 490 g/mol. The molecule has 3 aliphatic rings. The summed E-state index contributed by atoms with van der Waals surface area (Å²) in [6.07, 6.45) is 0. The van der Waals surface area contributed by atoms with Crippen molar-refractivity contribution in [2.45, 2.75) is 32.4 Å². The van der Waals surface area contributed by atoms with Crippen LogP contribution in [0.5, 0.6) is 0 Å². The van der Waals surface area contributed by atoms with Crippen molar-refractivity contribution in [1.82, 2.24) is 14.9 Å². The Morgan fingerprint density at radius 3 is 2.30 bits per heavy atom. The van der Waals surface area contributed by atoms with Crippen molar-refractivity contribution in [3.63, 3.8) is 0 Å². The molecule has 0 saturated carbocycles. The van der Waals surface area contributed by atoms with E-state index >= 15 is 0 Å². The predicted octanol–water partition coefficient (Wildman–Crippen LogP) is 3.68. The zero-order valence-corrected chi connectivity index (χ0v) is 20.8. The lowest BCUT2D eigenvalue weighted by Gasteiger charge is -2.32. The largest absolute Gasteiger partial charge is 0.296 e. The summed E-state index contributed by atoms with van der Waals surface area (Å²) in [6, 6.07) is 22.1. The number of fused-ring (bicyclic) bond motifs is 8. The van der Waals surface area contributed by atoms with Crippen LogP contribution in [0.1, 0.15) is 30.8 Å². The fourth-order valence-electron chi connectivity index (χ4n) is 6.78. The van der Waals surface area contributed by atoms with Gasteiger partial charge in [-0.25, -0.2) is 9.88 Å². The molecule has 1 aromatic heterocycles. The topological polar surface area (TPSA) is 84.3 Å². The molecule has 7 heteroatoms. The van der Waals surface area contributed by atoms with Crippen LogP contribution in [0.25, 0.3) is 16.6 Å². The third kappa shape index (κ3) is 2.64. The van der Waals surface area contributed by atoms with Gasteiger partial charge in [-0.15, -0.1) is 0 Å². The highest BCUT2D eigenvalue weighted by atomic mass is 16.2. The maximum absolute atomic E-state index is 14.4. The third-order valence-electron chi connectivity index (χ3n) is 8.37. The number of rotatable bonds is 2. The van der Waals surface area contributed by atoms with E-state index in [2.05, 4.69) is 19.2 Å². The van der Waals surface area contributed by atoms with Crippen LogP contribution < -0.4 is 15.8 Å². The summed E-state index contributed by atoms with van der Waals surface area (Å²) < 4.78 is 1.64. The Bertz CT molecular complexity index is 1710. The lowest BCUT2D eigenvalue weighted by atomic mass is 9.75. The van der Waals surface area contributed by atoms with Crippen molar-refractivity contribution in [3.8, 4) is 5.69 Å². The smallest absolute Gasteiger partial charge is 0.266 e. The quantitative estimate of drug-likeness (QED) is 0.434. The molecule has 4 atom stereocenters. The van der Waals surface area contributed by atoms with Gasteiger partial charge in [0.05, 0.1) is 34.1 Å². The number of benzene rings is 3. The van der Waals surface area contributed by atoms with E-state index in [1.165, 1.54) is 4.90 Å². The predicted molar refractivity (Wildman–Crippen MR) is 141 cm³/mol. The highest BCUT2D eigenvalue weighted by Crippen LogP contribution is 2.56. The second-order valence-corrected chi connectivity index (χ2v) is 10.6. The second kappa shape index (κ2) is 7.46. The average Bonchev–Trinajstić information content (AvgIpc) is 3.49. The molecule has 0 bridgehead atoms. The molecule has 1 N–H and O–H groups in total. The van der Waals surface area contributed by atoms with Crippen molar-refractivity contribution >= 4 is 28.4 Å². The molecule has 1 spiro atoms. The molecule has 2 fully saturated rings. The van der Waals surface area contributed by atoms with E-state index in [9.17, 15) is 14.4 Å². The Kier molecular flexibility index (Phi) is 4.46. The van der Waals surface area contributed by atoms with E-state index < -0.39 is 17.4 Å². The minimum Gasteiger partial charge on any atom is -0.296 e.